The molecule has 0 aromatic rings. The predicted molar refractivity (Wildman–Crippen MR) is 55.8 cm³/mol. The first-order chi connectivity index (χ1) is 6.83. The second kappa shape index (κ2) is 4.58. The highest BCUT2D eigenvalue weighted by Gasteiger charge is 2.39. The van der Waals surface area contributed by atoms with Crippen molar-refractivity contribution >= 4 is 0 Å². The summed E-state index contributed by atoms with van der Waals surface area (Å²) in [4.78, 5) is 0. The second-order valence-corrected chi connectivity index (χ2v) is 4.72. The van der Waals surface area contributed by atoms with Crippen molar-refractivity contribution in [2.24, 2.45) is 17.6 Å². The molecule has 2 aliphatic rings. The van der Waals surface area contributed by atoms with E-state index in [2.05, 4.69) is 5.32 Å². The summed E-state index contributed by atoms with van der Waals surface area (Å²) in [5.41, 5.74) is 5.61. The minimum Gasteiger partial charge on any atom is -0.330 e. The molecule has 0 aromatic heterocycles. The zero-order chi connectivity index (χ0) is 9.97. The third-order valence-corrected chi connectivity index (χ3v) is 3.91. The third-order valence-electron chi connectivity index (χ3n) is 3.91. The monoisotopic (exact) mass is 200 g/mol. The molecular formula is C11H21FN2. The van der Waals surface area contributed by atoms with E-state index in [1.165, 1.54) is 6.42 Å². The molecule has 1 aliphatic carbocycles. The van der Waals surface area contributed by atoms with Gasteiger partial charge in [-0.3, -0.25) is 0 Å². The molecular weight excluding hydrogens is 179 g/mol. The van der Waals surface area contributed by atoms with Crippen molar-refractivity contribution in [2.45, 2.75) is 44.3 Å². The zero-order valence-corrected chi connectivity index (χ0v) is 8.71. The molecule has 0 bridgehead atoms. The molecule has 82 valence electrons. The van der Waals surface area contributed by atoms with Gasteiger partial charge in [0.15, 0.2) is 0 Å². The first kappa shape index (κ1) is 10.4. The molecule has 1 saturated heterocycles. The van der Waals surface area contributed by atoms with Gasteiger partial charge in [-0.15, -0.1) is 0 Å². The smallest absolute Gasteiger partial charge is 0.116 e. The van der Waals surface area contributed by atoms with Gasteiger partial charge in [-0.05, 0) is 50.6 Å². The van der Waals surface area contributed by atoms with Crippen LogP contribution in [0.3, 0.4) is 0 Å². The molecule has 0 spiro atoms. The Morgan fingerprint density at radius 3 is 2.93 bits per heavy atom. The summed E-state index contributed by atoms with van der Waals surface area (Å²) in [7, 11) is 0. The average molecular weight is 200 g/mol. The number of nitrogens with one attached hydrogen (secondary N) is 1. The molecule has 0 amide bonds. The van der Waals surface area contributed by atoms with E-state index in [0.717, 1.165) is 38.8 Å². The highest BCUT2D eigenvalue weighted by Crippen LogP contribution is 2.37. The molecule has 1 saturated carbocycles. The summed E-state index contributed by atoms with van der Waals surface area (Å²) in [5, 5.41) is 3.32. The lowest BCUT2D eigenvalue weighted by Gasteiger charge is -2.26. The van der Waals surface area contributed by atoms with Gasteiger partial charge < -0.3 is 11.1 Å². The van der Waals surface area contributed by atoms with Gasteiger partial charge in [0.1, 0.15) is 6.17 Å². The van der Waals surface area contributed by atoms with E-state index in [1.54, 1.807) is 0 Å². The number of halogens is 1. The Kier molecular flexibility index (Phi) is 3.39. The van der Waals surface area contributed by atoms with E-state index in [1.807, 2.05) is 0 Å². The number of nitrogens with two attached hydrogens (primary N) is 1. The van der Waals surface area contributed by atoms with E-state index in [-0.39, 0.29) is 6.04 Å². The molecule has 4 atom stereocenters. The number of alkyl halides is 1. The predicted octanol–water partition coefficient (Wildman–Crippen LogP) is 1.45. The fourth-order valence-electron chi connectivity index (χ4n) is 3.21. The van der Waals surface area contributed by atoms with Crippen molar-refractivity contribution in [3.05, 3.63) is 0 Å². The Bertz CT molecular complexity index is 186. The van der Waals surface area contributed by atoms with E-state index < -0.39 is 6.17 Å². The fourth-order valence-corrected chi connectivity index (χ4v) is 3.21. The van der Waals surface area contributed by atoms with E-state index >= 15 is 0 Å². The van der Waals surface area contributed by atoms with Crippen LogP contribution in [-0.4, -0.2) is 25.3 Å². The molecule has 3 unspecified atom stereocenters. The Morgan fingerprint density at radius 1 is 1.29 bits per heavy atom. The standard InChI is InChI=1S/C11H21FN2/c12-10-3-1-2-8(4-6-13)9-5-7-14-11(9)10/h8-11,14H,1-7,13H2/t8?,9?,10-,11?/m0/s1. The van der Waals surface area contributed by atoms with Crippen LogP contribution in [0.4, 0.5) is 4.39 Å². The first-order valence-electron chi connectivity index (χ1n) is 5.90. The quantitative estimate of drug-likeness (QED) is 0.708. The summed E-state index contributed by atoms with van der Waals surface area (Å²) in [6, 6.07) is 0.133. The Morgan fingerprint density at radius 2 is 2.14 bits per heavy atom. The van der Waals surface area contributed by atoms with Crippen LogP contribution in [0.15, 0.2) is 0 Å². The minimum atomic E-state index is -0.620. The van der Waals surface area contributed by atoms with Crippen LogP contribution < -0.4 is 11.1 Å². The van der Waals surface area contributed by atoms with Crippen LogP contribution in [0.2, 0.25) is 0 Å². The molecule has 14 heavy (non-hydrogen) atoms. The molecule has 3 N–H and O–H groups in total. The van der Waals surface area contributed by atoms with Crippen LogP contribution in [-0.2, 0) is 0 Å². The Balaban J connectivity index is 2.04. The summed E-state index contributed by atoms with van der Waals surface area (Å²) in [5.74, 6) is 1.22. The van der Waals surface area contributed by atoms with Gasteiger partial charge in [-0.1, -0.05) is 6.42 Å². The molecule has 2 rings (SSSR count). The Labute approximate surface area is 85.4 Å². The molecule has 3 heteroatoms. The van der Waals surface area contributed by atoms with Gasteiger partial charge in [0.2, 0.25) is 0 Å². The summed E-state index contributed by atoms with van der Waals surface area (Å²) >= 11 is 0. The lowest BCUT2D eigenvalue weighted by atomic mass is 9.82. The number of rotatable bonds is 2. The van der Waals surface area contributed by atoms with E-state index in [0.29, 0.717) is 11.8 Å². The maximum atomic E-state index is 13.7. The zero-order valence-electron chi connectivity index (χ0n) is 8.71. The number of hydrogen-bond acceptors (Lipinski definition) is 2. The topological polar surface area (TPSA) is 38.0 Å². The van der Waals surface area contributed by atoms with Gasteiger partial charge in [0.05, 0.1) is 0 Å². The highest BCUT2D eigenvalue weighted by atomic mass is 19.1. The van der Waals surface area contributed by atoms with Crippen LogP contribution >= 0.6 is 0 Å². The van der Waals surface area contributed by atoms with E-state index in [4.69, 9.17) is 5.73 Å². The summed E-state index contributed by atoms with van der Waals surface area (Å²) < 4.78 is 13.7. The van der Waals surface area contributed by atoms with Crippen molar-refractivity contribution in [2.75, 3.05) is 13.1 Å². The normalized spacial score (nSPS) is 43.3. The summed E-state index contributed by atoms with van der Waals surface area (Å²) in [6.07, 6.45) is 4.58. The molecule has 2 nitrogen and oxygen atoms in total. The molecule has 1 aliphatic heterocycles. The number of fused-ring (bicyclic) bond motifs is 1. The van der Waals surface area contributed by atoms with Crippen LogP contribution in [0, 0.1) is 11.8 Å². The maximum Gasteiger partial charge on any atom is 0.116 e. The average Bonchev–Trinajstić information content (AvgIpc) is 2.60. The van der Waals surface area contributed by atoms with Gasteiger partial charge >= 0.3 is 0 Å². The van der Waals surface area contributed by atoms with Crippen molar-refractivity contribution in [1.29, 1.82) is 0 Å². The highest BCUT2D eigenvalue weighted by molar-refractivity contribution is 4.94. The molecule has 1 heterocycles. The van der Waals surface area contributed by atoms with Crippen molar-refractivity contribution in [3.63, 3.8) is 0 Å². The van der Waals surface area contributed by atoms with Gasteiger partial charge in [-0.25, -0.2) is 4.39 Å². The van der Waals surface area contributed by atoms with Crippen LogP contribution in [0.5, 0.6) is 0 Å². The lowest BCUT2D eigenvalue weighted by Crippen LogP contribution is -2.38. The van der Waals surface area contributed by atoms with Gasteiger partial charge in [0.25, 0.3) is 0 Å². The van der Waals surface area contributed by atoms with Gasteiger partial charge in [0, 0.05) is 6.04 Å². The van der Waals surface area contributed by atoms with Crippen molar-refractivity contribution < 1.29 is 4.39 Å². The first-order valence-corrected chi connectivity index (χ1v) is 5.90. The van der Waals surface area contributed by atoms with E-state index in [9.17, 15) is 4.39 Å². The SMILES string of the molecule is NCCC1CCC[C@H](F)C2NCCC12. The van der Waals surface area contributed by atoms with Crippen molar-refractivity contribution in [3.8, 4) is 0 Å². The van der Waals surface area contributed by atoms with Crippen molar-refractivity contribution in [1.82, 2.24) is 5.32 Å². The third kappa shape index (κ3) is 1.94. The number of hydrogen-bond donors (Lipinski definition) is 2. The Hall–Kier alpha value is -0.150. The summed E-state index contributed by atoms with van der Waals surface area (Å²) in [6.45, 7) is 1.75. The largest absolute Gasteiger partial charge is 0.330 e. The molecule has 0 aromatic carbocycles. The molecule has 2 fully saturated rings. The minimum absolute atomic E-state index is 0.133. The second-order valence-electron chi connectivity index (χ2n) is 4.72. The molecule has 0 radical (unpaired) electrons. The fraction of sp³-hybridized carbons (Fsp3) is 1.00. The van der Waals surface area contributed by atoms with Crippen LogP contribution in [0.25, 0.3) is 0 Å². The van der Waals surface area contributed by atoms with Crippen LogP contribution in [0.1, 0.15) is 32.1 Å². The van der Waals surface area contributed by atoms with Gasteiger partial charge in [-0.2, -0.15) is 0 Å². The maximum absolute atomic E-state index is 13.7. The lowest BCUT2D eigenvalue weighted by molar-refractivity contribution is 0.202.